The van der Waals surface area contributed by atoms with E-state index in [0.29, 0.717) is 12.0 Å². The molecule has 1 fully saturated rings. The van der Waals surface area contributed by atoms with Gasteiger partial charge in [0.1, 0.15) is 6.04 Å². The van der Waals surface area contributed by atoms with E-state index in [0.717, 1.165) is 49.8 Å². The maximum atomic E-state index is 13.3. The van der Waals surface area contributed by atoms with Gasteiger partial charge in [-0.3, -0.25) is 19.4 Å². The van der Waals surface area contributed by atoms with Gasteiger partial charge >= 0.3 is 0 Å². The summed E-state index contributed by atoms with van der Waals surface area (Å²) in [7, 11) is 0. The molecule has 2 heterocycles. The van der Waals surface area contributed by atoms with Crippen LogP contribution in [0.3, 0.4) is 0 Å². The number of rotatable bonds is 5. The van der Waals surface area contributed by atoms with Crippen molar-refractivity contribution in [2.24, 2.45) is 0 Å². The van der Waals surface area contributed by atoms with Gasteiger partial charge in [-0.05, 0) is 41.5 Å². The number of anilines is 2. The standard InChI is InChI=1S/C27H27N3O3/c31-26(28-23-12-10-20(11-13-23)19-29-14-16-33-17-15-29)25-18-22-8-4-5-9-24(22)30(25)27(32)21-6-2-1-3-7-21/h1-13,25H,14-19H2,(H,28,31). The van der Waals surface area contributed by atoms with E-state index in [4.69, 9.17) is 4.74 Å². The highest BCUT2D eigenvalue weighted by Gasteiger charge is 2.38. The lowest BCUT2D eigenvalue weighted by Crippen LogP contribution is -2.45. The van der Waals surface area contributed by atoms with Crippen molar-refractivity contribution < 1.29 is 14.3 Å². The Hall–Kier alpha value is -3.48. The maximum absolute atomic E-state index is 13.3. The summed E-state index contributed by atoms with van der Waals surface area (Å²) < 4.78 is 5.41. The molecule has 2 aliphatic heterocycles. The molecule has 0 radical (unpaired) electrons. The van der Waals surface area contributed by atoms with E-state index in [2.05, 4.69) is 10.2 Å². The lowest BCUT2D eigenvalue weighted by atomic mass is 10.1. The van der Waals surface area contributed by atoms with Gasteiger partial charge < -0.3 is 10.1 Å². The van der Waals surface area contributed by atoms with Crippen molar-refractivity contribution >= 4 is 23.2 Å². The Kier molecular flexibility index (Phi) is 6.19. The average molecular weight is 442 g/mol. The van der Waals surface area contributed by atoms with Crippen LogP contribution >= 0.6 is 0 Å². The van der Waals surface area contributed by atoms with Gasteiger partial charge in [-0.15, -0.1) is 0 Å². The minimum atomic E-state index is -0.594. The molecular weight excluding hydrogens is 414 g/mol. The van der Waals surface area contributed by atoms with Crippen molar-refractivity contribution in [1.29, 1.82) is 0 Å². The Balaban J connectivity index is 1.31. The predicted octanol–water partition coefficient (Wildman–Crippen LogP) is 3.73. The normalized spacial score (nSPS) is 18.1. The number of hydrogen-bond donors (Lipinski definition) is 1. The van der Waals surface area contributed by atoms with Crippen molar-refractivity contribution in [2.45, 2.75) is 19.0 Å². The number of carbonyl (C=O) groups excluding carboxylic acids is 2. The molecule has 0 bridgehead atoms. The Bertz CT molecular complexity index is 1120. The lowest BCUT2D eigenvalue weighted by Gasteiger charge is -2.26. The molecule has 1 N–H and O–H groups in total. The topological polar surface area (TPSA) is 61.9 Å². The Morgan fingerprint density at radius 3 is 2.33 bits per heavy atom. The van der Waals surface area contributed by atoms with Crippen LogP contribution in [0.1, 0.15) is 21.5 Å². The van der Waals surface area contributed by atoms with Gasteiger partial charge in [0.25, 0.3) is 5.91 Å². The van der Waals surface area contributed by atoms with Crippen LogP contribution in [0.15, 0.2) is 78.9 Å². The SMILES string of the molecule is O=C(Nc1ccc(CN2CCOCC2)cc1)C1Cc2ccccc2N1C(=O)c1ccccc1. The molecule has 5 rings (SSSR count). The van der Waals surface area contributed by atoms with Crippen LogP contribution in [0.25, 0.3) is 0 Å². The predicted molar refractivity (Wildman–Crippen MR) is 128 cm³/mol. The van der Waals surface area contributed by atoms with Gasteiger partial charge in [0.15, 0.2) is 0 Å². The first-order valence-corrected chi connectivity index (χ1v) is 11.4. The molecule has 0 saturated carbocycles. The van der Waals surface area contributed by atoms with Crippen LogP contribution in [-0.4, -0.2) is 49.1 Å². The third kappa shape index (κ3) is 4.67. The molecule has 168 valence electrons. The van der Waals surface area contributed by atoms with Crippen molar-refractivity contribution in [2.75, 3.05) is 36.5 Å². The van der Waals surface area contributed by atoms with E-state index in [9.17, 15) is 9.59 Å². The lowest BCUT2D eigenvalue weighted by molar-refractivity contribution is -0.117. The summed E-state index contributed by atoms with van der Waals surface area (Å²) in [4.78, 5) is 30.6. The first-order valence-electron chi connectivity index (χ1n) is 11.4. The van der Waals surface area contributed by atoms with Crippen LogP contribution in [0, 0.1) is 0 Å². The molecule has 3 aromatic rings. The number of para-hydroxylation sites is 1. The molecule has 2 amide bonds. The molecule has 1 saturated heterocycles. The smallest absolute Gasteiger partial charge is 0.259 e. The van der Waals surface area contributed by atoms with E-state index < -0.39 is 6.04 Å². The van der Waals surface area contributed by atoms with E-state index in [-0.39, 0.29) is 11.8 Å². The monoisotopic (exact) mass is 441 g/mol. The number of ether oxygens (including phenoxy) is 1. The average Bonchev–Trinajstić information content (AvgIpc) is 3.26. The van der Waals surface area contributed by atoms with Gasteiger partial charge in [0.2, 0.25) is 5.91 Å². The molecular formula is C27H27N3O3. The van der Waals surface area contributed by atoms with Crippen LogP contribution < -0.4 is 10.2 Å². The minimum Gasteiger partial charge on any atom is -0.379 e. The van der Waals surface area contributed by atoms with E-state index in [1.54, 1.807) is 17.0 Å². The summed E-state index contributed by atoms with van der Waals surface area (Å²) >= 11 is 0. The van der Waals surface area contributed by atoms with Gasteiger partial charge in [-0.25, -0.2) is 0 Å². The van der Waals surface area contributed by atoms with Crippen LogP contribution in [0.2, 0.25) is 0 Å². The molecule has 6 heteroatoms. The number of nitrogens with zero attached hydrogens (tertiary/aromatic N) is 2. The fourth-order valence-corrected chi connectivity index (χ4v) is 4.50. The largest absolute Gasteiger partial charge is 0.379 e. The first-order chi connectivity index (χ1) is 16.2. The summed E-state index contributed by atoms with van der Waals surface area (Å²) in [6.07, 6.45) is 0.496. The quantitative estimate of drug-likeness (QED) is 0.656. The van der Waals surface area contributed by atoms with Gasteiger partial charge in [0, 0.05) is 43.0 Å². The third-order valence-corrected chi connectivity index (χ3v) is 6.25. The zero-order chi connectivity index (χ0) is 22.6. The van der Waals surface area contributed by atoms with Crippen LogP contribution in [0.4, 0.5) is 11.4 Å². The van der Waals surface area contributed by atoms with Gasteiger partial charge in [-0.2, -0.15) is 0 Å². The number of hydrogen-bond acceptors (Lipinski definition) is 4. The minimum absolute atomic E-state index is 0.165. The Labute approximate surface area is 193 Å². The number of fused-ring (bicyclic) bond motifs is 1. The Morgan fingerprint density at radius 1 is 0.879 bits per heavy atom. The highest BCUT2D eigenvalue weighted by atomic mass is 16.5. The molecule has 6 nitrogen and oxygen atoms in total. The summed E-state index contributed by atoms with van der Waals surface area (Å²) in [5, 5.41) is 3.02. The van der Waals surface area contributed by atoms with Crippen molar-refractivity contribution in [3.05, 3.63) is 95.6 Å². The summed E-state index contributed by atoms with van der Waals surface area (Å²) in [6, 6.07) is 24.2. The molecule has 0 aromatic heterocycles. The van der Waals surface area contributed by atoms with Crippen LogP contribution in [-0.2, 0) is 22.5 Å². The number of carbonyl (C=O) groups is 2. The second-order valence-electron chi connectivity index (χ2n) is 8.46. The zero-order valence-corrected chi connectivity index (χ0v) is 18.4. The number of amides is 2. The summed E-state index contributed by atoms with van der Waals surface area (Å²) in [5.74, 6) is -0.349. The molecule has 33 heavy (non-hydrogen) atoms. The van der Waals surface area contributed by atoms with E-state index in [1.807, 2.05) is 66.7 Å². The van der Waals surface area contributed by atoms with E-state index in [1.165, 1.54) is 5.56 Å². The number of benzene rings is 3. The fraction of sp³-hybridized carbons (Fsp3) is 0.259. The number of nitrogens with one attached hydrogen (secondary N) is 1. The zero-order valence-electron chi connectivity index (χ0n) is 18.4. The molecule has 0 aliphatic carbocycles. The van der Waals surface area contributed by atoms with Gasteiger partial charge in [-0.1, -0.05) is 48.5 Å². The molecule has 2 aliphatic rings. The molecule has 3 aromatic carbocycles. The van der Waals surface area contributed by atoms with Gasteiger partial charge in [0.05, 0.1) is 13.2 Å². The fourth-order valence-electron chi connectivity index (χ4n) is 4.50. The third-order valence-electron chi connectivity index (χ3n) is 6.25. The van der Waals surface area contributed by atoms with Crippen LogP contribution in [0.5, 0.6) is 0 Å². The first kappa shape index (κ1) is 21.4. The van der Waals surface area contributed by atoms with E-state index >= 15 is 0 Å². The molecule has 0 spiro atoms. The number of morpholine rings is 1. The molecule has 1 atom stereocenters. The highest BCUT2D eigenvalue weighted by Crippen LogP contribution is 2.34. The summed E-state index contributed by atoms with van der Waals surface area (Å²) in [5.41, 5.74) is 4.30. The van der Waals surface area contributed by atoms with Crippen molar-refractivity contribution in [3.8, 4) is 0 Å². The Morgan fingerprint density at radius 2 is 1.58 bits per heavy atom. The maximum Gasteiger partial charge on any atom is 0.259 e. The highest BCUT2D eigenvalue weighted by molar-refractivity contribution is 6.13. The van der Waals surface area contributed by atoms with Crippen molar-refractivity contribution in [1.82, 2.24) is 4.90 Å². The second-order valence-corrected chi connectivity index (χ2v) is 8.46. The second kappa shape index (κ2) is 9.57. The molecule has 1 unspecified atom stereocenters. The van der Waals surface area contributed by atoms with Crippen molar-refractivity contribution in [3.63, 3.8) is 0 Å². The summed E-state index contributed by atoms with van der Waals surface area (Å²) in [6.45, 7) is 4.29.